The number of aliphatic carboxylic acids is 2. The van der Waals surface area contributed by atoms with Crippen molar-refractivity contribution in [1.82, 2.24) is 5.32 Å². The van der Waals surface area contributed by atoms with E-state index in [2.05, 4.69) is 5.32 Å². The normalized spacial score (nSPS) is 14.2. The first-order chi connectivity index (χ1) is 11.5. The van der Waals surface area contributed by atoms with Gasteiger partial charge in [-0.1, -0.05) is 19.9 Å². The van der Waals surface area contributed by atoms with E-state index in [0.717, 1.165) is 0 Å². The molecule has 0 aliphatic carbocycles. The number of benzene rings is 1. The van der Waals surface area contributed by atoms with Gasteiger partial charge in [0.15, 0.2) is 23.7 Å². The van der Waals surface area contributed by atoms with Crippen molar-refractivity contribution in [2.75, 3.05) is 6.54 Å². The maximum atomic E-state index is 9.77. The van der Waals surface area contributed by atoms with E-state index in [9.17, 15) is 19.8 Å². The lowest BCUT2D eigenvalue weighted by atomic mass is 10.1. The average molecular weight is 361 g/mol. The molecule has 0 aliphatic heterocycles. The first-order valence-electron chi connectivity index (χ1n) is 7.22. The minimum Gasteiger partial charge on any atom is -0.504 e. The number of hydrogen-bond acceptors (Lipinski definition) is 8. The van der Waals surface area contributed by atoms with Gasteiger partial charge in [-0.15, -0.1) is 0 Å². The molecular weight excluding hydrogens is 338 g/mol. The summed E-state index contributed by atoms with van der Waals surface area (Å²) >= 11 is 0. The molecule has 0 spiro atoms. The summed E-state index contributed by atoms with van der Waals surface area (Å²) in [6.07, 6.45) is -5.21. The van der Waals surface area contributed by atoms with Gasteiger partial charge in [0.25, 0.3) is 0 Å². The van der Waals surface area contributed by atoms with Crippen LogP contribution in [0.1, 0.15) is 25.5 Å². The molecule has 1 aromatic carbocycles. The first-order valence-corrected chi connectivity index (χ1v) is 7.22. The van der Waals surface area contributed by atoms with E-state index in [1.807, 2.05) is 13.8 Å². The van der Waals surface area contributed by atoms with Crippen LogP contribution in [-0.2, 0) is 9.59 Å². The summed E-state index contributed by atoms with van der Waals surface area (Å²) in [7, 11) is 0. The Morgan fingerprint density at radius 3 is 1.80 bits per heavy atom. The third-order valence-corrected chi connectivity index (χ3v) is 2.91. The monoisotopic (exact) mass is 361 g/mol. The van der Waals surface area contributed by atoms with E-state index in [-0.39, 0.29) is 11.5 Å². The molecule has 1 rings (SSSR count). The smallest absolute Gasteiger partial charge is 0.335 e. The second-order valence-electron chi connectivity index (χ2n) is 5.39. The summed E-state index contributed by atoms with van der Waals surface area (Å²) in [5.41, 5.74) is 0.582. The second-order valence-corrected chi connectivity index (χ2v) is 5.39. The van der Waals surface area contributed by atoms with Crippen LogP contribution in [0.2, 0.25) is 0 Å². The highest BCUT2D eigenvalue weighted by Gasteiger charge is 2.29. The summed E-state index contributed by atoms with van der Waals surface area (Å²) in [6, 6.07) is 4.61. The van der Waals surface area contributed by atoms with Gasteiger partial charge in [0, 0.05) is 12.6 Å². The number of phenols is 2. The standard InChI is InChI=1S/C11H17NO3.C4H6O6/c1-7(2)12-6-11(15)8-3-4-9(13)10(14)5-8;5-1(3(7)8)2(6)4(9)10/h3-5,7,11-15H,6H2,1-2H3;1-2,5-6H,(H,7,8)(H,9,10)/t;1-,2-/m.1/s1. The maximum Gasteiger partial charge on any atom is 0.335 e. The summed E-state index contributed by atoms with van der Waals surface area (Å²) in [5, 5.41) is 63.7. The lowest BCUT2D eigenvalue weighted by Gasteiger charge is -2.14. The Bertz CT molecular complexity index is 558. The van der Waals surface area contributed by atoms with Crippen molar-refractivity contribution in [3.8, 4) is 11.5 Å². The van der Waals surface area contributed by atoms with Crippen molar-refractivity contribution in [2.45, 2.75) is 38.2 Å². The Hall–Kier alpha value is -2.40. The topological polar surface area (TPSA) is 188 Å². The van der Waals surface area contributed by atoms with Crippen LogP contribution in [0, 0.1) is 0 Å². The highest BCUT2D eigenvalue weighted by molar-refractivity contribution is 5.83. The molecule has 10 nitrogen and oxygen atoms in total. The fraction of sp³-hybridized carbons (Fsp3) is 0.467. The highest BCUT2D eigenvalue weighted by atomic mass is 16.4. The summed E-state index contributed by atoms with van der Waals surface area (Å²) in [6.45, 7) is 4.39. The van der Waals surface area contributed by atoms with Crippen molar-refractivity contribution >= 4 is 11.9 Å². The van der Waals surface area contributed by atoms with E-state index in [1.165, 1.54) is 12.1 Å². The van der Waals surface area contributed by atoms with Crippen molar-refractivity contribution in [3.05, 3.63) is 23.8 Å². The molecule has 25 heavy (non-hydrogen) atoms. The molecule has 0 aromatic heterocycles. The van der Waals surface area contributed by atoms with Crippen LogP contribution in [-0.4, -0.2) is 72.5 Å². The van der Waals surface area contributed by atoms with E-state index < -0.39 is 30.3 Å². The van der Waals surface area contributed by atoms with Crippen LogP contribution >= 0.6 is 0 Å². The highest BCUT2D eigenvalue weighted by Crippen LogP contribution is 2.27. The van der Waals surface area contributed by atoms with Crippen molar-refractivity contribution < 1.29 is 45.3 Å². The molecule has 0 bridgehead atoms. The average Bonchev–Trinajstić information content (AvgIpc) is 2.53. The molecule has 10 heteroatoms. The molecule has 0 saturated carbocycles. The third kappa shape index (κ3) is 8.31. The molecule has 0 heterocycles. The van der Waals surface area contributed by atoms with Gasteiger partial charge < -0.3 is 41.1 Å². The summed E-state index contributed by atoms with van der Waals surface area (Å²) in [4.78, 5) is 19.5. The molecule has 0 fully saturated rings. The van der Waals surface area contributed by atoms with Crippen molar-refractivity contribution in [1.29, 1.82) is 0 Å². The number of carbonyl (C=O) groups is 2. The number of carboxylic acid groups (broad SMARTS) is 2. The number of aliphatic hydroxyl groups excluding tert-OH is 3. The molecule has 8 N–H and O–H groups in total. The molecule has 0 radical (unpaired) electrons. The second kappa shape index (κ2) is 10.5. The van der Waals surface area contributed by atoms with Crippen LogP contribution in [0.15, 0.2) is 18.2 Å². The number of phenolic OH excluding ortho intramolecular Hbond substituents is 2. The number of rotatable bonds is 7. The van der Waals surface area contributed by atoms with E-state index >= 15 is 0 Å². The fourth-order valence-corrected chi connectivity index (χ4v) is 1.48. The van der Waals surface area contributed by atoms with Crippen LogP contribution in [0.25, 0.3) is 0 Å². The van der Waals surface area contributed by atoms with Gasteiger partial charge in [-0.05, 0) is 17.7 Å². The lowest BCUT2D eigenvalue weighted by Crippen LogP contribution is -2.39. The Morgan fingerprint density at radius 2 is 1.44 bits per heavy atom. The molecule has 0 saturated heterocycles. The Balaban J connectivity index is 0.000000504. The SMILES string of the molecule is CC(C)NCC(O)c1ccc(O)c(O)c1.O=C(O)[C@H](O)[C@@H](O)C(=O)O. The van der Waals surface area contributed by atoms with Crippen LogP contribution in [0.3, 0.4) is 0 Å². The minimum atomic E-state index is -2.27. The molecular formula is C15H23NO9. The molecule has 0 aliphatic rings. The van der Waals surface area contributed by atoms with Gasteiger partial charge in [-0.2, -0.15) is 0 Å². The Kier molecular flexibility index (Phi) is 9.46. The maximum absolute atomic E-state index is 9.77. The third-order valence-electron chi connectivity index (χ3n) is 2.91. The lowest BCUT2D eigenvalue weighted by molar-refractivity contribution is -0.165. The predicted molar refractivity (Wildman–Crippen MR) is 85.2 cm³/mol. The largest absolute Gasteiger partial charge is 0.504 e. The van der Waals surface area contributed by atoms with Crippen molar-refractivity contribution in [2.24, 2.45) is 0 Å². The zero-order valence-electron chi connectivity index (χ0n) is 13.7. The Labute approximate surface area is 143 Å². The van der Waals surface area contributed by atoms with Crippen LogP contribution in [0.5, 0.6) is 11.5 Å². The predicted octanol–water partition coefficient (Wildman–Crippen LogP) is -0.993. The van der Waals surface area contributed by atoms with Gasteiger partial charge in [-0.25, -0.2) is 9.59 Å². The molecule has 142 valence electrons. The Morgan fingerprint density at radius 1 is 0.960 bits per heavy atom. The van der Waals surface area contributed by atoms with Crippen LogP contribution in [0.4, 0.5) is 0 Å². The molecule has 1 aromatic rings. The first kappa shape index (κ1) is 22.6. The molecule has 3 atom stereocenters. The number of hydrogen-bond donors (Lipinski definition) is 8. The zero-order chi connectivity index (χ0) is 19.7. The van der Waals surface area contributed by atoms with E-state index in [1.54, 1.807) is 6.07 Å². The number of carboxylic acids is 2. The minimum absolute atomic E-state index is 0.178. The summed E-state index contributed by atoms with van der Waals surface area (Å²) < 4.78 is 0. The zero-order valence-corrected chi connectivity index (χ0v) is 13.7. The number of aromatic hydroxyl groups is 2. The van der Waals surface area contributed by atoms with Gasteiger partial charge in [0.1, 0.15) is 0 Å². The quantitative estimate of drug-likeness (QED) is 0.280. The van der Waals surface area contributed by atoms with Gasteiger partial charge in [0.05, 0.1) is 6.10 Å². The van der Waals surface area contributed by atoms with Gasteiger partial charge in [0.2, 0.25) is 0 Å². The molecule has 1 unspecified atom stereocenters. The van der Waals surface area contributed by atoms with E-state index in [4.69, 9.17) is 25.5 Å². The number of nitrogens with one attached hydrogen (secondary N) is 1. The molecule has 0 amide bonds. The number of aliphatic hydroxyl groups is 3. The van der Waals surface area contributed by atoms with Crippen molar-refractivity contribution in [3.63, 3.8) is 0 Å². The van der Waals surface area contributed by atoms with Gasteiger partial charge >= 0.3 is 11.9 Å². The summed E-state index contributed by atoms with van der Waals surface area (Å²) in [5.74, 6) is -3.93. The van der Waals surface area contributed by atoms with Crippen LogP contribution < -0.4 is 5.32 Å². The van der Waals surface area contributed by atoms with Gasteiger partial charge in [-0.3, -0.25) is 0 Å². The fourth-order valence-electron chi connectivity index (χ4n) is 1.48. The van der Waals surface area contributed by atoms with E-state index in [0.29, 0.717) is 18.2 Å².